The van der Waals surface area contributed by atoms with Gasteiger partial charge in [0.05, 0.1) is 12.4 Å². The summed E-state index contributed by atoms with van der Waals surface area (Å²) in [5, 5.41) is 8.61. The summed E-state index contributed by atoms with van der Waals surface area (Å²) in [5.41, 5.74) is 0. The van der Waals surface area contributed by atoms with Crippen molar-refractivity contribution in [2.45, 2.75) is 6.92 Å². The van der Waals surface area contributed by atoms with Gasteiger partial charge in [-0.2, -0.15) is 0 Å². The van der Waals surface area contributed by atoms with Crippen LogP contribution < -0.4 is 0 Å². The van der Waals surface area contributed by atoms with E-state index < -0.39 is 9.84 Å². The van der Waals surface area contributed by atoms with Crippen molar-refractivity contribution >= 4 is 9.84 Å². The number of aliphatic hydroxyl groups is 1. The number of sulfone groups is 1. The van der Waals surface area contributed by atoms with Gasteiger partial charge in [0.15, 0.2) is 0 Å². The zero-order valence-electron chi connectivity index (χ0n) is 7.65. The van der Waals surface area contributed by atoms with Gasteiger partial charge in [-0.15, -0.1) is 0 Å². The summed E-state index contributed by atoms with van der Waals surface area (Å²) in [6.07, 6.45) is 1.22. The van der Waals surface area contributed by atoms with Crippen LogP contribution >= 0.6 is 0 Å². The van der Waals surface area contributed by atoms with Gasteiger partial charge < -0.3 is 10.0 Å². The van der Waals surface area contributed by atoms with Gasteiger partial charge in [-0.3, -0.25) is 0 Å². The van der Waals surface area contributed by atoms with E-state index in [-0.39, 0.29) is 12.4 Å². The zero-order valence-corrected chi connectivity index (χ0v) is 8.47. The maximum Gasteiger partial charge on any atom is 0.148 e. The lowest BCUT2D eigenvalue weighted by Gasteiger charge is -2.17. The normalized spacial score (nSPS) is 12.3. The minimum atomic E-state index is -2.87. The van der Waals surface area contributed by atoms with Crippen LogP contribution in [0.15, 0.2) is 0 Å². The molecular weight excluding hydrogens is 178 g/mol. The molecule has 0 unspecified atom stereocenters. The number of rotatable bonds is 6. The van der Waals surface area contributed by atoms with Crippen molar-refractivity contribution < 1.29 is 13.5 Å². The first-order chi connectivity index (χ1) is 5.49. The summed E-state index contributed by atoms with van der Waals surface area (Å²) in [7, 11) is -2.87. The van der Waals surface area contributed by atoms with Gasteiger partial charge >= 0.3 is 0 Å². The Labute approximate surface area is 74.1 Å². The number of aliphatic hydroxyl groups excluding tert-OH is 1. The molecular formula is C7H17NO3S. The number of hydrogen-bond acceptors (Lipinski definition) is 4. The molecule has 0 aromatic carbocycles. The average molecular weight is 195 g/mol. The Morgan fingerprint density at radius 1 is 1.33 bits per heavy atom. The molecule has 12 heavy (non-hydrogen) atoms. The average Bonchev–Trinajstić information content (AvgIpc) is 1.96. The van der Waals surface area contributed by atoms with Gasteiger partial charge in [0.2, 0.25) is 0 Å². The highest BCUT2D eigenvalue weighted by Gasteiger charge is 2.06. The van der Waals surface area contributed by atoms with Gasteiger partial charge in [0.25, 0.3) is 0 Å². The highest BCUT2D eigenvalue weighted by molar-refractivity contribution is 7.90. The van der Waals surface area contributed by atoms with E-state index >= 15 is 0 Å². The molecule has 0 atom stereocenters. The lowest BCUT2D eigenvalue weighted by Crippen LogP contribution is -2.31. The summed E-state index contributed by atoms with van der Waals surface area (Å²) >= 11 is 0. The van der Waals surface area contributed by atoms with Gasteiger partial charge in [-0.25, -0.2) is 8.42 Å². The molecule has 0 rings (SSSR count). The predicted molar refractivity (Wildman–Crippen MR) is 48.9 cm³/mol. The molecule has 4 nitrogen and oxygen atoms in total. The summed E-state index contributed by atoms with van der Waals surface area (Å²) in [6, 6.07) is 0. The maximum absolute atomic E-state index is 10.8. The molecule has 5 heteroatoms. The van der Waals surface area contributed by atoms with Crippen LogP contribution in [0, 0.1) is 0 Å². The molecule has 0 fully saturated rings. The minimum absolute atomic E-state index is 0.0810. The number of hydrogen-bond donors (Lipinski definition) is 1. The first kappa shape index (κ1) is 11.9. The van der Waals surface area contributed by atoms with Crippen LogP contribution in [0.5, 0.6) is 0 Å². The first-order valence-electron chi connectivity index (χ1n) is 4.00. The second-order valence-electron chi connectivity index (χ2n) is 2.79. The summed E-state index contributed by atoms with van der Waals surface area (Å²) in [4.78, 5) is 1.90. The molecule has 0 saturated carbocycles. The lowest BCUT2D eigenvalue weighted by molar-refractivity contribution is 0.209. The van der Waals surface area contributed by atoms with Crippen molar-refractivity contribution in [1.29, 1.82) is 0 Å². The predicted octanol–water partition coefficient (Wildman–Crippen LogP) is -0.655. The molecule has 0 aliphatic heterocycles. The third-order valence-corrected chi connectivity index (χ3v) is 2.57. The van der Waals surface area contributed by atoms with Gasteiger partial charge in [-0.1, -0.05) is 6.92 Å². The third kappa shape index (κ3) is 6.57. The van der Waals surface area contributed by atoms with Crippen molar-refractivity contribution in [3.63, 3.8) is 0 Å². The third-order valence-electron chi connectivity index (χ3n) is 1.64. The standard InChI is InChI=1S/C7H17NO3S/c1-3-8(4-6-9)5-7-12(2,10)11/h9H,3-7H2,1-2H3. The van der Waals surface area contributed by atoms with Crippen LogP contribution in [0.3, 0.4) is 0 Å². The molecule has 74 valence electrons. The highest BCUT2D eigenvalue weighted by atomic mass is 32.2. The Kier molecular flexibility index (Phi) is 5.44. The molecule has 1 N–H and O–H groups in total. The van der Waals surface area contributed by atoms with E-state index in [1.807, 2.05) is 11.8 Å². The molecule has 0 bridgehead atoms. The molecule has 0 aromatic rings. The monoisotopic (exact) mass is 195 g/mol. The topological polar surface area (TPSA) is 57.6 Å². The fourth-order valence-corrected chi connectivity index (χ4v) is 1.45. The van der Waals surface area contributed by atoms with Crippen LogP contribution in [-0.2, 0) is 9.84 Å². The second-order valence-corrected chi connectivity index (χ2v) is 5.05. The van der Waals surface area contributed by atoms with Crippen LogP contribution in [0.1, 0.15) is 6.92 Å². The Morgan fingerprint density at radius 3 is 2.25 bits per heavy atom. The fraction of sp³-hybridized carbons (Fsp3) is 1.00. The van der Waals surface area contributed by atoms with Crippen LogP contribution in [0.4, 0.5) is 0 Å². The van der Waals surface area contributed by atoms with Crippen molar-refractivity contribution in [3.8, 4) is 0 Å². The lowest BCUT2D eigenvalue weighted by atomic mass is 10.5. The van der Waals surface area contributed by atoms with Crippen LogP contribution in [0.25, 0.3) is 0 Å². The quantitative estimate of drug-likeness (QED) is 0.611. The Bertz CT molecular complexity index is 201. The number of likely N-dealkylation sites (N-methyl/N-ethyl adjacent to an activating group) is 1. The summed E-state index contributed by atoms with van der Waals surface area (Å²) in [5.74, 6) is 0.167. The summed E-state index contributed by atoms with van der Waals surface area (Å²) in [6.45, 7) is 3.85. The molecule has 0 spiro atoms. The van der Waals surface area contributed by atoms with Crippen molar-refractivity contribution in [2.75, 3.05) is 38.2 Å². The van der Waals surface area contributed by atoms with E-state index in [0.29, 0.717) is 13.1 Å². The number of nitrogens with zero attached hydrogens (tertiary/aromatic N) is 1. The minimum Gasteiger partial charge on any atom is -0.395 e. The van der Waals surface area contributed by atoms with Gasteiger partial charge in [0.1, 0.15) is 9.84 Å². The fourth-order valence-electron chi connectivity index (χ4n) is 0.864. The SMILES string of the molecule is CCN(CCO)CCS(C)(=O)=O. The first-order valence-corrected chi connectivity index (χ1v) is 6.06. The van der Waals surface area contributed by atoms with E-state index in [4.69, 9.17) is 5.11 Å². The summed E-state index contributed by atoms with van der Waals surface area (Å²) < 4.78 is 21.5. The van der Waals surface area contributed by atoms with Gasteiger partial charge in [-0.05, 0) is 6.54 Å². The largest absolute Gasteiger partial charge is 0.395 e. The maximum atomic E-state index is 10.8. The van der Waals surface area contributed by atoms with E-state index in [2.05, 4.69) is 0 Å². The van der Waals surface area contributed by atoms with Crippen LogP contribution in [0.2, 0.25) is 0 Å². The van der Waals surface area contributed by atoms with E-state index in [1.165, 1.54) is 6.26 Å². The second kappa shape index (κ2) is 5.50. The Hall–Kier alpha value is -0.130. The zero-order chi connectivity index (χ0) is 9.61. The van der Waals surface area contributed by atoms with E-state index in [0.717, 1.165) is 6.54 Å². The molecule has 0 radical (unpaired) electrons. The van der Waals surface area contributed by atoms with E-state index in [9.17, 15) is 8.42 Å². The smallest absolute Gasteiger partial charge is 0.148 e. The van der Waals surface area contributed by atoms with Crippen molar-refractivity contribution in [3.05, 3.63) is 0 Å². The molecule has 0 aliphatic carbocycles. The van der Waals surface area contributed by atoms with Crippen molar-refractivity contribution in [1.82, 2.24) is 4.90 Å². The van der Waals surface area contributed by atoms with Gasteiger partial charge in [0, 0.05) is 19.3 Å². The van der Waals surface area contributed by atoms with Crippen molar-refractivity contribution in [2.24, 2.45) is 0 Å². The van der Waals surface area contributed by atoms with Crippen LogP contribution in [-0.4, -0.2) is 56.7 Å². The highest BCUT2D eigenvalue weighted by Crippen LogP contribution is 1.90. The molecule has 0 saturated heterocycles. The molecule has 0 heterocycles. The molecule has 0 aromatic heterocycles. The Morgan fingerprint density at radius 2 is 1.92 bits per heavy atom. The van der Waals surface area contributed by atoms with E-state index in [1.54, 1.807) is 0 Å². The Balaban J connectivity index is 3.73. The molecule has 0 amide bonds. The molecule has 0 aliphatic rings.